The summed E-state index contributed by atoms with van der Waals surface area (Å²) < 4.78 is 4.89. The van der Waals surface area contributed by atoms with Gasteiger partial charge >= 0.3 is 5.97 Å². The number of nitrogens with one attached hydrogen (secondary N) is 2. The van der Waals surface area contributed by atoms with Gasteiger partial charge in [0.25, 0.3) is 0 Å². The van der Waals surface area contributed by atoms with E-state index in [1.54, 1.807) is 13.8 Å². The lowest BCUT2D eigenvalue weighted by molar-refractivity contribution is -0.147. The molecule has 3 amide bonds. The minimum Gasteiger partial charge on any atom is -0.464 e. The van der Waals surface area contributed by atoms with E-state index in [2.05, 4.69) is 10.6 Å². The van der Waals surface area contributed by atoms with E-state index in [0.29, 0.717) is 32.2 Å². The van der Waals surface area contributed by atoms with E-state index in [1.807, 2.05) is 30.3 Å². The van der Waals surface area contributed by atoms with Crippen LogP contribution >= 0.6 is 0 Å². The zero-order chi connectivity index (χ0) is 21.9. The van der Waals surface area contributed by atoms with Gasteiger partial charge in [-0.15, -0.1) is 0 Å². The average Bonchev–Trinajstić information content (AvgIpc) is 3.23. The van der Waals surface area contributed by atoms with Gasteiger partial charge in [0.05, 0.1) is 13.2 Å². The summed E-state index contributed by atoms with van der Waals surface area (Å²) in [6.07, 6.45) is 3.06. The summed E-state index contributed by atoms with van der Waals surface area (Å²) in [5.41, 5.74) is 1.17. The first kappa shape index (κ1) is 23.4. The molecule has 1 heterocycles. The van der Waals surface area contributed by atoms with Crippen molar-refractivity contribution in [3.8, 4) is 0 Å². The minimum absolute atomic E-state index is 0.138. The molecule has 1 aliphatic rings. The number of carbonyl (C=O) groups excluding carboxylic acids is 4. The van der Waals surface area contributed by atoms with Gasteiger partial charge in [0, 0.05) is 13.0 Å². The van der Waals surface area contributed by atoms with Crippen molar-refractivity contribution in [2.24, 2.45) is 0 Å². The molecule has 1 aromatic carbocycles. The monoisotopic (exact) mass is 417 g/mol. The molecular formula is C22H31N3O5. The maximum Gasteiger partial charge on any atom is 0.328 e. The predicted octanol–water partition coefficient (Wildman–Crippen LogP) is 1.18. The van der Waals surface area contributed by atoms with Crippen molar-refractivity contribution in [1.29, 1.82) is 0 Å². The number of amides is 3. The van der Waals surface area contributed by atoms with Crippen molar-refractivity contribution < 1.29 is 23.9 Å². The Bertz CT molecular complexity index is 738. The van der Waals surface area contributed by atoms with Gasteiger partial charge in [-0.3, -0.25) is 14.4 Å². The van der Waals surface area contributed by atoms with Crippen LogP contribution < -0.4 is 10.6 Å². The molecule has 30 heavy (non-hydrogen) atoms. The molecule has 0 aromatic heterocycles. The Labute approximate surface area is 177 Å². The van der Waals surface area contributed by atoms with Gasteiger partial charge in [-0.25, -0.2) is 4.79 Å². The largest absolute Gasteiger partial charge is 0.464 e. The Morgan fingerprint density at radius 1 is 1.20 bits per heavy atom. The summed E-state index contributed by atoms with van der Waals surface area (Å²) >= 11 is 0. The van der Waals surface area contributed by atoms with Gasteiger partial charge in [0.2, 0.25) is 17.7 Å². The molecule has 8 heteroatoms. The number of hydrogen-bond donors (Lipinski definition) is 2. The van der Waals surface area contributed by atoms with Crippen LogP contribution in [-0.4, -0.2) is 60.4 Å². The highest BCUT2D eigenvalue weighted by molar-refractivity contribution is 5.92. The van der Waals surface area contributed by atoms with E-state index in [9.17, 15) is 19.2 Å². The molecule has 1 saturated heterocycles. The van der Waals surface area contributed by atoms with Crippen molar-refractivity contribution in [2.45, 2.75) is 58.0 Å². The predicted molar refractivity (Wildman–Crippen MR) is 111 cm³/mol. The lowest BCUT2D eigenvalue weighted by Gasteiger charge is -2.25. The Hall–Kier alpha value is -2.90. The lowest BCUT2D eigenvalue weighted by atomic mass is 10.1. The van der Waals surface area contributed by atoms with Crippen LogP contribution in [0.5, 0.6) is 0 Å². The number of nitrogens with zero attached hydrogens (tertiary/aromatic N) is 1. The zero-order valence-electron chi connectivity index (χ0n) is 17.7. The maximum absolute atomic E-state index is 12.5. The second-order valence-corrected chi connectivity index (χ2v) is 7.34. The van der Waals surface area contributed by atoms with Gasteiger partial charge in [0.15, 0.2) is 0 Å². The van der Waals surface area contributed by atoms with E-state index < -0.39 is 18.1 Å². The van der Waals surface area contributed by atoms with E-state index in [4.69, 9.17) is 4.74 Å². The first-order valence-electron chi connectivity index (χ1n) is 10.5. The van der Waals surface area contributed by atoms with E-state index in [-0.39, 0.29) is 30.9 Å². The number of aryl methyl sites for hydroxylation is 1. The zero-order valence-corrected chi connectivity index (χ0v) is 17.7. The second kappa shape index (κ2) is 11.9. The summed E-state index contributed by atoms with van der Waals surface area (Å²) in [7, 11) is 0. The Morgan fingerprint density at radius 2 is 1.93 bits per heavy atom. The molecule has 2 rings (SSSR count). The van der Waals surface area contributed by atoms with Crippen molar-refractivity contribution in [2.75, 3.05) is 19.7 Å². The summed E-state index contributed by atoms with van der Waals surface area (Å²) in [6.45, 7) is 3.79. The first-order valence-corrected chi connectivity index (χ1v) is 10.5. The highest BCUT2D eigenvalue weighted by atomic mass is 16.5. The van der Waals surface area contributed by atoms with Crippen LogP contribution in [0, 0.1) is 0 Å². The van der Waals surface area contributed by atoms with E-state index in [0.717, 1.165) is 6.42 Å². The third kappa shape index (κ3) is 7.17. The molecule has 0 saturated carbocycles. The van der Waals surface area contributed by atoms with Crippen molar-refractivity contribution in [1.82, 2.24) is 15.5 Å². The van der Waals surface area contributed by atoms with E-state index in [1.165, 1.54) is 10.5 Å². The highest BCUT2D eigenvalue weighted by Crippen LogP contribution is 2.17. The topological polar surface area (TPSA) is 105 Å². The van der Waals surface area contributed by atoms with Crippen LogP contribution in [0.4, 0.5) is 0 Å². The molecule has 1 fully saturated rings. The van der Waals surface area contributed by atoms with Crippen molar-refractivity contribution in [3.05, 3.63) is 35.9 Å². The van der Waals surface area contributed by atoms with Crippen molar-refractivity contribution in [3.63, 3.8) is 0 Å². The molecule has 0 aliphatic carbocycles. The Balaban J connectivity index is 1.74. The molecule has 0 radical (unpaired) electrons. The number of benzene rings is 1. The Kier molecular flexibility index (Phi) is 9.31. The summed E-state index contributed by atoms with van der Waals surface area (Å²) in [5, 5.41) is 5.25. The molecular weight excluding hydrogens is 386 g/mol. The van der Waals surface area contributed by atoms with E-state index >= 15 is 0 Å². The Morgan fingerprint density at radius 3 is 2.63 bits per heavy atom. The summed E-state index contributed by atoms with van der Waals surface area (Å²) in [5.74, 6) is -1.37. The first-order chi connectivity index (χ1) is 14.4. The number of rotatable bonds is 10. The lowest BCUT2D eigenvalue weighted by Crippen LogP contribution is -2.52. The smallest absolute Gasteiger partial charge is 0.328 e. The van der Waals surface area contributed by atoms with Crippen LogP contribution in [0.3, 0.4) is 0 Å². The van der Waals surface area contributed by atoms with Crippen molar-refractivity contribution >= 4 is 23.7 Å². The van der Waals surface area contributed by atoms with Crippen LogP contribution in [0.1, 0.15) is 45.1 Å². The fraction of sp³-hybridized carbons (Fsp3) is 0.545. The van der Waals surface area contributed by atoms with Crippen LogP contribution in [0.15, 0.2) is 30.3 Å². The molecule has 0 unspecified atom stereocenters. The average molecular weight is 418 g/mol. The third-order valence-corrected chi connectivity index (χ3v) is 5.02. The molecule has 1 aromatic rings. The van der Waals surface area contributed by atoms with Gasteiger partial charge in [-0.2, -0.15) is 0 Å². The minimum atomic E-state index is -0.778. The normalized spacial score (nSPS) is 16.6. The highest BCUT2D eigenvalue weighted by Gasteiger charge is 2.35. The summed E-state index contributed by atoms with van der Waals surface area (Å²) in [6, 6.07) is 8.49. The van der Waals surface area contributed by atoms with Gasteiger partial charge in [-0.1, -0.05) is 30.3 Å². The number of hydrogen-bond acceptors (Lipinski definition) is 5. The SMILES string of the molecule is CCOC(=O)[C@H](C)NC(=O)[C@@H]1CCCN1C(=O)CNC(=O)CCCc1ccccc1. The third-order valence-electron chi connectivity index (χ3n) is 5.02. The molecule has 8 nitrogen and oxygen atoms in total. The van der Waals surface area contributed by atoms with Crippen LogP contribution in [-0.2, 0) is 30.3 Å². The molecule has 2 N–H and O–H groups in total. The molecule has 2 atom stereocenters. The fourth-order valence-corrected chi connectivity index (χ4v) is 3.44. The molecule has 0 spiro atoms. The van der Waals surface area contributed by atoms with Crippen LogP contribution in [0.2, 0.25) is 0 Å². The number of carbonyl (C=O) groups is 4. The molecule has 164 valence electrons. The molecule has 0 bridgehead atoms. The van der Waals surface area contributed by atoms with Gasteiger partial charge in [0.1, 0.15) is 12.1 Å². The molecule has 1 aliphatic heterocycles. The summed E-state index contributed by atoms with van der Waals surface area (Å²) in [4.78, 5) is 50.2. The number of ether oxygens (including phenoxy) is 1. The van der Waals surface area contributed by atoms with Gasteiger partial charge < -0.3 is 20.3 Å². The maximum atomic E-state index is 12.5. The second-order valence-electron chi connectivity index (χ2n) is 7.34. The quantitative estimate of drug-likeness (QED) is 0.557. The standard InChI is InChI=1S/C22H31N3O5/c1-3-30-22(29)16(2)24-21(28)18-12-8-14-25(18)20(27)15-23-19(26)13-7-11-17-9-5-4-6-10-17/h4-6,9-10,16,18H,3,7-8,11-15H2,1-2H3,(H,23,26)(H,24,28)/t16-,18-/m0/s1. The van der Waals surface area contributed by atoms with Gasteiger partial charge in [-0.05, 0) is 45.1 Å². The fourth-order valence-electron chi connectivity index (χ4n) is 3.44. The number of esters is 1. The van der Waals surface area contributed by atoms with Crippen LogP contribution in [0.25, 0.3) is 0 Å². The number of likely N-dealkylation sites (tertiary alicyclic amines) is 1.